The molecule has 0 saturated carbocycles. The molecule has 0 fully saturated rings. The fourth-order valence-corrected chi connectivity index (χ4v) is 2.17. The zero-order valence-corrected chi connectivity index (χ0v) is 12.2. The van der Waals surface area contributed by atoms with Crippen LogP contribution in [0, 0.1) is 6.92 Å². The zero-order valence-electron chi connectivity index (χ0n) is 10.7. The maximum Gasteiger partial charge on any atom is 0.319 e. The smallest absolute Gasteiger partial charge is 0.319 e. The summed E-state index contributed by atoms with van der Waals surface area (Å²) < 4.78 is 4.64. The van der Waals surface area contributed by atoms with E-state index in [0.717, 1.165) is 11.3 Å². The lowest BCUT2D eigenvalue weighted by Crippen LogP contribution is -2.30. The van der Waals surface area contributed by atoms with Crippen LogP contribution in [0.15, 0.2) is 6.07 Å². The van der Waals surface area contributed by atoms with Gasteiger partial charge in [-0.15, -0.1) is 0 Å². The molecule has 0 unspecified atom stereocenters. The summed E-state index contributed by atoms with van der Waals surface area (Å²) >= 11 is 12.2. The van der Waals surface area contributed by atoms with Crippen LogP contribution in [0.4, 0.5) is 0 Å². The van der Waals surface area contributed by atoms with E-state index in [1.807, 2.05) is 18.7 Å². The summed E-state index contributed by atoms with van der Waals surface area (Å²) in [5, 5.41) is 0.944. The van der Waals surface area contributed by atoms with Crippen LogP contribution in [0.1, 0.15) is 18.2 Å². The number of aryl methyl sites for hydroxylation is 1. The van der Waals surface area contributed by atoms with Crippen molar-refractivity contribution in [3.63, 3.8) is 0 Å². The largest absolute Gasteiger partial charge is 0.468 e. The Morgan fingerprint density at radius 2 is 2.17 bits per heavy atom. The van der Waals surface area contributed by atoms with E-state index in [9.17, 15) is 4.79 Å². The number of likely N-dealkylation sites (N-methyl/N-ethyl adjacent to an activating group) is 1. The van der Waals surface area contributed by atoms with E-state index in [4.69, 9.17) is 23.2 Å². The summed E-state index contributed by atoms with van der Waals surface area (Å²) in [5.41, 5.74) is 1.50. The molecule has 0 amide bonds. The number of rotatable bonds is 5. The van der Waals surface area contributed by atoms with Crippen LogP contribution in [0.25, 0.3) is 0 Å². The third-order valence-corrected chi connectivity index (χ3v) is 3.21. The lowest BCUT2D eigenvalue weighted by molar-refractivity contribution is -0.142. The number of methoxy groups -OCH3 is 1. The quantitative estimate of drug-likeness (QED) is 0.618. The summed E-state index contributed by atoms with van der Waals surface area (Å²) in [4.78, 5) is 17.3. The van der Waals surface area contributed by atoms with Crippen molar-refractivity contribution in [3.8, 4) is 0 Å². The Bertz CT molecular complexity index is 415. The van der Waals surface area contributed by atoms with E-state index in [1.165, 1.54) is 7.11 Å². The molecule has 6 heteroatoms. The van der Waals surface area contributed by atoms with Crippen LogP contribution in [0.5, 0.6) is 0 Å². The molecule has 0 bridgehead atoms. The highest BCUT2D eigenvalue weighted by Crippen LogP contribution is 2.25. The molecule has 1 aromatic heterocycles. The van der Waals surface area contributed by atoms with Crippen LogP contribution in [-0.4, -0.2) is 36.1 Å². The molecule has 0 aliphatic heterocycles. The Morgan fingerprint density at radius 1 is 1.50 bits per heavy atom. The SMILES string of the molecule is CCN(CC(=O)OC)Cc1c(Cl)cc(C)nc1Cl. The fraction of sp³-hybridized carbons (Fsp3) is 0.500. The lowest BCUT2D eigenvalue weighted by Gasteiger charge is -2.20. The highest BCUT2D eigenvalue weighted by Gasteiger charge is 2.15. The average molecular weight is 291 g/mol. The van der Waals surface area contributed by atoms with Gasteiger partial charge in [-0.25, -0.2) is 4.98 Å². The monoisotopic (exact) mass is 290 g/mol. The van der Waals surface area contributed by atoms with Crippen LogP contribution in [-0.2, 0) is 16.1 Å². The first-order valence-electron chi connectivity index (χ1n) is 5.58. The molecule has 0 aromatic carbocycles. The van der Waals surface area contributed by atoms with Gasteiger partial charge in [-0.1, -0.05) is 30.1 Å². The Kier molecular flexibility index (Phi) is 5.85. The Balaban J connectivity index is 2.85. The molecular formula is C12H16Cl2N2O2. The summed E-state index contributed by atoms with van der Waals surface area (Å²) in [6, 6.07) is 1.76. The molecule has 0 N–H and O–H groups in total. The van der Waals surface area contributed by atoms with Gasteiger partial charge in [0.15, 0.2) is 0 Å². The second-order valence-corrected chi connectivity index (χ2v) is 4.66. The van der Waals surface area contributed by atoms with Gasteiger partial charge in [0.05, 0.1) is 13.7 Å². The molecule has 0 atom stereocenters. The number of esters is 1. The van der Waals surface area contributed by atoms with Crippen molar-refractivity contribution in [2.75, 3.05) is 20.2 Å². The minimum Gasteiger partial charge on any atom is -0.468 e. The molecule has 1 aromatic rings. The van der Waals surface area contributed by atoms with Crippen molar-refractivity contribution in [2.24, 2.45) is 0 Å². The van der Waals surface area contributed by atoms with E-state index in [2.05, 4.69) is 9.72 Å². The highest BCUT2D eigenvalue weighted by molar-refractivity contribution is 6.35. The Hall–Kier alpha value is -0.840. The second kappa shape index (κ2) is 6.92. The van der Waals surface area contributed by atoms with E-state index in [0.29, 0.717) is 23.3 Å². The molecule has 18 heavy (non-hydrogen) atoms. The minimum absolute atomic E-state index is 0.202. The first kappa shape index (κ1) is 15.2. The van der Waals surface area contributed by atoms with Gasteiger partial charge in [0.2, 0.25) is 0 Å². The van der Waals surface area contributed by atoms with Gasteiger partial charge < -0.3 is 4.74 Å². The maximum atomic E-state index is 11.2. The van der Waals surface area contributed by atoms with Gasteiger partial charge in [-0.3, -0.25) is 9.69 Å². The molecule has 0 saturated heterocycles. The number of carbonyl (C=O) groups excluding carboxylic acids is 1. The third kappa shape index (κ3) is 4.12. The van der Waals surface area contributed by atoms with Crippen molar-refractivity contribution in [1.29, 1.82) is 0 Å². The van der Waals surface area contributed by atoms with Gasteiger partial charge in [-0.05, 0) is 19.5 Å². The van der Waals surface area contributed by atoms with Crippen LogP contribution >= 0.6 is 23.2 Å². The molecular weight excluding hydrogens is 275 g/mol. The summed E-state index contributed by atoms with van der Waals surface area (Å²) in [7, 11) is 1.36. The van der Waals surface area contributed by atoms with Crippen molar-refractivity contribution in [2.45, 2.75) is 20.4 Å². The number of ether oxygens (including phenoxy) is 1. The van der Waals surface area contributed by atoms with Gasteiger partial charge in [0.25, 0.3) is 0 Å². The number of nitrogens with zero attached hydrogens (tertiary/aromatic N) is 2. The number of halogens is 2. The predicted octanol–water partition coefficient (Wildman–Crippen LogP) is 2.69. The van der Waals surface area contributed by atoms with Gasteiger partial charge >= 0.3 is 5.97 Å². The first-order valence-corrected chi connectivity index (χ1v) is 6.34. The number of hydrogen-bond acceptors (Lipinski definition) is 4. The lowest BCUT2D eigenvalue weighted by atomic mass is 10.2. The van der Waals surface area contributed by atoms with Gasteiger partial charge in [-0.2, -0.15) is 0 Å². The summed E-state index contributed by atoms with van der Waals surface area (Å²) in [6.45, 7) is 5.14. The molecule has 1 heterocycles. The maximum absolute atomic E-state index is 11.2. The van der Waals surface area contributed by atoms with Crippen molar-refractivity contribution < 1.29 is 9.53 Å². The van der Waals surface area contributed by atoms with Crippen LogP contribution in [0.2, 0.25) is 10.2 Å². The molecule has 0 radical (unpaired) electrons. The Morgan fingerprint density at radius 3 is 2.67 bits per heavy atom. The number of aromatic nitrogens is 1. The zero-order chi connectivity index (χ0) is 13.7. The number of pyridine rings is 1. The first-order chi connectivity index (χ1) is 8.47. The van der Waals surface area contributed by atoms with Crippen molar-refractivity contribution in [1.82, 2.24) is 9.88 Å². The van der Waals surface area contributed by atoms with E-state index >= 15 is 0 Å². The van der Waals surface area contributed by atoms with E-state index in [1.54, 1.807) is 6.07 Å². The van der Waals surface area contributed by atoms with Crippen LogP contribution in [0.3, 0.4) is 0 Å². The highest BCUT2D eigenvalue weighted by atomic mass is 35.5. The molecule has 0 aliphatic rings. The second-order valence-electron chi connectivity index (χ2n) is 3.89. The molecule has 0 aliphatic carbocycles. The molecule has 0 spiro atoms. The third-order valence-electron chi connectivity index (χ3n) is 2.56. The number of carbonyl (C=O) groups is 1. The van der Waals surface area contributed by atoms with Gasteiger partial charge in [0.1, 0.15) is 5.15 Å². The van der Waals surface area contributed by atoms with Gasteiger partial charge in [0, 0.05) is 22.8 Å². The predicted molar refractivity (Wildman–Crippen MR) is 72.0 cm³/mol. The normalized spacial score (nSPS) is 10.8. The average Bonchev–Trinajstić information content (AvgIpc) is 2.31. The minimum atomic E-state index is -0.288. The summed E-state index contributed by atoms with van der Waals surface area (Å²) in [5.74, 6) is -0.288. The van der Waals surface area contributed by atoms with Crippen LogP contribution < -0.4 is 0 Å². The van der Waals surface area contributed by atoms with E-state index in [-0.39, 0.29) is 12.5 Å². The molecule has 100 valence electrons. The summed E-state index contributed by atoms with van der Waals surface area (Å²) in [6.07, 6.45) is 0. The topological polar surface area (TPSA) is 42.4 Å². The molecule has 1 rings (SSSR count). The standard InChI is InChI=1S/C12H16Cl2N2O2/c1-4-16(7-11(17)18-3)6-9-10(13)5-8(2)15-12(9)14/h5H,4,6-7H2,1-3H3. The molecule has 4 nitrogen and oxygen atoms in total. The van der Waals surface area contributed by atoms with Crippen molar-refractivity contribution >= 4 is 29.2 Å². The fourth-order valence-electron chi connectivity index (χ4n) is 1.51. The van der Waals surface area contributed by atoms with Crippen molar-refractivity contribution in [3.05, 3.63) is 27.5 Å². The number of hydrogen-bond donors (Lipinski definition) is 0. The Labute approximate surface area is 117 Å². The van der Waals surface area contributed by atoms with E-state index < -0.39 is 0 Å².